The number of rotatable bonds is 61. The van der Waals surface area contributed by atoms with Crippen molar-refractivity contribution in [2.75, 3.05) is 13.2 Å². The second-order valence-electron chi connectivity index (χ2n) is 24.6. The predicted molar refractivity (Wildman–Crippen MR) is 356 cm³/mol. The zero-order valence-corrected chi connectivity index (χ0v) is 55.0. The summed E-state index contributed by atoms with van der Waals surface area (Å²) in [6, 6.07) is -1.03. The lowest BCUT2D eigenvalue weighted by molar-refractivity contribution is -0.305. The molecule has 0 radical (unpaired) electrons. The first-order valence-electron chi connectivity index (χ1n) is 35.7. The molecule has 0 saturated carbocycles. The summed E-state index contributed by atoms with van der Waals surface area (Å²) in [5, 5.41) is 57.2. The van der Waals surface area contributed by atoms with E-state index in [2.05, 4.69) is 86.8 Å². The van der Waals surface area contributed by atoms with Gasteiger partial charge in [-0.2, -0.15) is 0 Å². The highest BCUT2D eigenvalue weighted by Gasteiger charge is 2.47. The highest BCUT2D eigenvalue weighted by molar-refractivity contribution is 5.80. The van der Waals surface area contributed by atoms with E-state index in [4.69, 9.17) is 14.2 Å². The highest BCUT2D eigenvalue weighted by atomic mass is 16.7. The van der Waals surface area contributed by atoms with Crippen LogP contribution in [0.15, 0.2) is 72.9 Å². The molecule has 0 aromatic rings. The highest BCUT2D eigenvalue weighted by Crippen LogP contribution is 2.26. The van der Waals surface area contributed by atoms with Crippen LogP contribution in [0.1, 0.15) is 323 Å². The number of carbonyl (C=O) groups is 2. The van der Waals surface area contributed by atoms with Gasteiger partial charge in [0.1, 0.15) is 24.4 Å². The Morgan fingerprint density at radius 3 is 1.25 bits per heavy atom. The van der Waals surface area contributed by atoms with Gasteiger partial charge in [0.05, 0.1) is 25.4 Å². The minimum absolute atomic E-state index is 0.121. The SMILES string of the molecule is CCCCC/C=C\C/C=C\C/C=C\C/C=C\CCCCCCCCCCCCC(O)C(=O)NC(COC1OC(CO)C(O)C(O)C1OC(=O)CCCCCCCCCCC/C=C/CCCCCCCC)C(O)/C=C/CCCCCCCCCCC. The molecule has 1 fully saturated rings. The minimum Gasteiger partial charge on any atom is -0.454 e. The van der Waals surface area contributed by atoms with Crippen LogP contribution >= 0.6 is 0 Å². The van der Waals surface area contributed by atoms with Gasteiger partial charge < -0.3 is 45.1 Å². The van der Waals surface area contributed by atoms with E-state index in [-0.39, 0.29) is 19.4 Å². The van der Waals surface area contributed by atoms with Gasteiger partial charge in [-0.15, -0.1) is 0 Å². The van der Waals surface area contributed by atoms with Gasteiger partial charge in [0, 0.05) is 6.42 Å². The van der Waals surface area contributed by atoms with Crippen molar-refractivity contribution in [1.82, 2.24) is 5.32 Å². The second-order valence-corrected chi connectivity index (χ2v) is 24.6. The average Bonchev–Trinajstić information content (AvgIpc) is 3.59. The van der Waals surface area contributed by atoms with Crippen molar-refractivity contribution in [3.05, 3.63) is 72.9 Å². The fourth-order valence-electron chi connectivity index (χ4n) is 10.9. The summed E-state index contributed by atoms with van der Waals surface area (Å²) in [7, 11) is 0. The summed E-state index contributed by atoms with van der Waals surface area (Å²) in [6.45, 7) is 5.78. The smallest absolute Gasteiger partial charge is 0.306 e. The Kier molecular flexibility index (Phi) is 57.8. The number of esters is 1. The third-order valence-electron chi connectivity index (χ3n) is 16.6. The second kappa shape index (κ2) is 61.3. The molecule has 1 amide bonds. The number of nitrogens with one attached hydrogen (secondary N) is 1. The Morgan fingerprint density at radius 2 is 0.812 bits per heavy atom. The maximum absolute atomic E-state index is 13.5. The number of hydrogen-bond donors (Lipinski definition) is 6. The van der Waals surface area contributed by atoms with E-state index in [9.17, 15) is 35.1 Å². The molecule has 0 bridgehead atoms. The van der Waals surface area contributed by atoms with Crippen molar-refractivity contribution < 1.29 is 49.3 Å². The molecule has 1 rings (SSSR count). The summed E-state index contributed by atoms with van der Waals surface area (Å²) in [5.74, 6) is -1.19. The van der Waals surface area contributed by atoms with Crippen LogP contribution in [0, 0.1) is 0 Å². The van der Waals surface area contributed by atoms with Gasteiger partial charge in [-0.25, -0.2) is 0 Å². The lowest BCUT2D eigenvalue weighted by Gasteiger charge is -2.41. The zero-order chi connectivity index (χ0) is 61.7. The first-order valence-corrected chi connectivity index (χ1v) is 35.7. The summed E-state index contributed by atoms with van der Waals surface area (Å²) < 4.78 is 17.7. The standard InChI is InChI=1S/C74H133NO10/c1-4-7-10-13-16-19-22-24-26-28-30-31-32-33-34-35-36-38-39-41-43-46-49-52-55-58-61-67(78)73(82)75-65(66(77)60-57-54-51-48-45-21-18-15-12-9-6-3)64-83-74-72(71(81)70(80)68(63-76)84-74)85-69(79)62-59-56-53-50-47-44-42-40-37-29-27-25-23-20-17-14-11-8-5-2/h16,19,24-27,30-31,33-34,57,60,65-68,70-72,74,76-78,80-81H,4-15,17-18,20-23,28-29,32,35-56,58-59,61-64H2,1-3H3,(H,75,82)/b19-16-,26-24-,27-25+,31-30-,34-33-,60-57+. The van der Waals surface area contributed by atoms with E-state index < -0.39 is 67.4 Å². The summed E-state index contributed by atoms with van der Waals surface area (Å²) in [4.78, 5) is 26.7. The van der Waals surface area contributed by atoms with Crippen LogP contribution in [0.5, 0.6) is 0 Å². The van der Waals surface area contributed by atoms with Crippen LogP contribution in [-0.2, 0) is 23.8 Å². The van der Waals surface area contributed by atoms with Gasteiger partial charge in [-0.3, -0.25) is 9.59 Å². The number of aliphatic hydroxyl groups is 5. The van der Waals surface area contributed by atoms with E-state index in [0.717, 1.165) is 83.5 Å². The first-order chi connectivity index (χ1) is 41.7. The van der Waals surface area contributed by atoms with Crippen molar-refractivity contribution in [3.8, 4) is 0 Å². The number of hydrogen-bond acceptors (Lipinski definition) is 10. The molecule has 11 heteroatoms. The first kappa shape index (κ1) is 80.1. The molecule has 494 valence electrons. The third kappa shape index (κ3) is 48.7. The Labute approximate surface area is 521 Å². The number of amides is 1. The third-order valence-corrected chi connectivity index (χ3v) is 16.6. The molecule has 0 aliphatic carbocycles. The number of unbranched alkanes of at least 4 members (excludes halogenated alkanes) is 37. The molecular weight excluding hydrogens is 1060 g/mol. The van der Waals surface area contributed by atoms with Gasteiger partial charge in [0.15, 0.2) is 12.4 Å². The molecule has 1 aliphatic rings. The van der Waals surface area contributed by atoms with Crippen molar-refractivity contribution >= 4 is 11.9 Å². The Bertz CT molecular complexity index is 1660. The van der Waals surface area contributed by atoms with E-state index in [0.29, 0.717) is 12.8 Å². The van der Waals surface area contributed by atoms with Crippen LogP contribution in [0.25, 0.3) is 0 Å². The van der Waals surface area contributed by atoms with Crippen LogP contribution in [0.2, 0.25) is 0 Å². The van der Waals surface area contributed by atoms with Crippen molar-refractivity contribution in [2.24, 2.45) is 0 Å². The molecule has 85 heavy (non-hydrogen) atoms. The van der Waals surface area contributed by atoms with Gasteiger partial charge in [-0.1, -0.05) is 293 Å². The maximum atomic E-state index is 13.5. The molecule has 0 spiro atoms. The normalized spacial score (nSPS) is 18.8. The molecule has 6 N–H and O–H groups in total. The van der Waals surface area contributed by atoms with E-state index in [1.807, 2.05) is 6.08 Å². The molecule has 0 aromatic carbocycles. The van der Waals surface area contributed by atoms with Crippen LogP contribution in [0.3, 0.4) is 0 Å². The molecule has 8 atom stereocenters. The van der Waals surface area contributed by atoms with E-state index in [1.54, 1.807) is 6.08 Å². The Morgan fingerprint density at radius 1 is 0.459 bits per heavy atom. The lowest BCUT2D eigenvalue weighted by Crippen LogP contribution is -2.61. The van der Waals surface area contributed by atoms with Crippen LogP contribution in [-0.4, -0.2) is 99.6 Å². The van der Waals surface area contributed by atoms with Gasteiger partial charge in [-0.05, 0) is 96.3 Å². The van der Waals surface area contributed by atoms with Gasteiger partial charge in [0.25, 0.3) is 0 Å². The van der Waals surface area contributed by atoms with Crippen LogP contribution in [0.4, 0.5) is 0 Å². The van der Waals surface area contributed by atoms with E-state index in [1.165, 1.54) is 193 Å². The minimum atomic E-state index is -1.62. The maximum Gasteiger partial charge on any atom is 0.306 e. The topological polar surface area (TPSA) is 175 Å². The molecule has 1 heterocycles. The number of carbonyl (C=O) groups excluding carboxylic acids is 2. The van der Waals surface area contributed by atoms with Gasteiger partial charge in [0.2, 0.25) is 5.91 Å². The summed E-state index contributed by atoms with van der Waals surface area (Å²) >= 11 is 0. The molecule has 8 unspecified atom stereocenters. The predicted octanol–water partition coefficient (Wildman–Crippen LogP) is 18.3. The largest absolute Gasteiger partial charge is 0.454 e. The fraction of sp³-hybridized carbons (Fsp3) is 0.811. The van der Waals surface area contributed by atoms with E-state index >= 15 is 0 Å². The Balaban J connectivity index is 2.55. The lowest BCUT2D eigenvalue weighted by atomic mass is 9.99. The quantitative estimate of drug-likeness (QED) is 0.0195. The van der Waals surface area contributed by atoms with Crippen molar-refractivity contribution in [3.63, 3.8) is 0 Å². The number of allylic oxidation sites excluding steroid dienone is 11. The number of ether oxygens (including phenoxy) is 3. The monoisotopic (exact) mass is 1200 g/mol. The number of aliphatic hydroxyl groups excluding tert-OH is 5. The molecule has 1 aliphatic heterocycles. The summed E-state index contributed by atoms with van der Waals surface area (Å²) in [5.41, 5.74) is 0. The molecular formula is C74H133NO10. The molecule has 1 saturated heterocycles. The average molecular weight is 1200 g/mol. The van der Waals surface area contributed by atoms with Crippen molar-refractivity contribution in [2.45, 2.75) is 372 Å². The zero-order valence-electron chi connectivity index (χ0n) is 55.0. The van der Waals surface area contributed by atoms with Crippen LogP contribution < -0.4 is 5.32 Å². The Hall–Kier alpha value is -2.90. The van der Waals surface area contributed by atoms with Crippen molar-refractivity contribution in [1.29, 1.82) is 0 Å². The molecule has 11 nitrogen and oxygen atoms in total. The molecule has 0 aromatic heterocycles. The van der Waals surface area contributed by atoms with Gasteiger partial charge >= 0.3 is 5.97 Å². The summed E-state index contributed by atoms with van der Waals surface area (Å²) in [6.07, 6.45) is 69.4. The fourth-order valence-corrected chi connectivity index (χ4v) is 10.9.